The van der Waals surface area contributed by atoms with E-state index in [1.165, 1.54) is 19.3 Å². The Kier molecular flexibility index (Phi) is 4.45. The molecule has 0 heterocycles. The monoisotopic (exact) mass is 247 g/mol. The Bertz CT molecular complexity index is 332. The van der Waals surface area contributed by atoms with Gasteiger partial charge in [-0.05, 0) is 56.3 Å². The SMILES string of the molecule is CCC1(C(O)C/C=C/C2CCC(C#N)C2)CCC1. The molecule has 3 unspecified atom stereocenters. The number of hydrogen-bond donors (Lipinski definition) is 1. The summed E-state index contributed by atoms with van der Waals surface area (Å²) in [5.74, 6) is 0.832. The van der Waals surface area contributed by atoms with Crippen molar-refractivity contribution in [1.29, 1.82) is 5.26 Å². The molecule has 0 aromatic rings. The summed E-state index contributed by atoms with van der Waals surface area (Å²) in [6.07, 6.45) is 13.0. The molecule has 2 saturated carbocycles. The fourth-order valence-electron chi connectivity index (χ4n) is 3.51. The van der Waals surface area contributed by atoms with Crippen molar-refractivity contribution in [3.63, 3.8) is 0 Å². The van der Waals surface area contributed by atoms with Crippen LogP contribution in [0.15, 0.2) is 12.2 Å². The molecule has 3 atom stereocenters. The molecule has 0 aromatic carbocycles. The molecule has 2 aliphatic carbocycles. The van der Waals surface area contributed by atoms with Gasteiger partial charge in [-0.3, -0.25) is 0 Å². The summed E-state index contributed by atoms with van der Waals surface area (Å²) in [6.45, 7) is 2.20. The zero-order chi connectivity index (χ0) is 13.0. The van der Waals surface area contributed by atoms with Gasteiger partial charge in [-0.2, -0.15) is 5.26 Å². The summed E-state index contributed by atoms with van der Waals surface area (Å²) >= 11 is 0. The third kappa shape index (κ3) is 2.78. The quantitative estimate of drug-likeness (QED) is 0.751. The van der Waals surface area contributed by atoms with Crippen molar-refractivity contribution < 1.29 is 5.11 Å². The molecule has 0 aliphatic heterocycles. The molecular weight excluding hydrogens is 222 g/mol. The first-order valence-electron chi connectivity index (χ1n) is 7.44. The Balaban J connectivity index is 1.76. The first-order chi connectivity index (χ1) is 8.70. The molecular formula is C16H25NO. The van der Waals surface area contributed by atoms with E-state index in [0.717, 1.165) is 32.1 Å². The van der Waals surface area contributed by atoms with Gasteiger partial charge in [0, 0.05) is 5.92 Å². The van der Waals surface area contributed by atoms with E-state index in [1.807, 2.05) is 0 Å². The van der Waals surface area contributed by atoms with Crippen LogP contribution in [0.1, 0.15) is 58.3 Å². The standard InChI is InChI=1S/C16H25NO/c1-2-16(9-4-10-16)15(18)6-3-5-13-7-8-14(11-13)12-17/h3,5,13-15,18H,2,4,6-11H2,1H3/b5-3+. The highest BCUT2D eigenvalue weighted by molar-refractivity contribution is 5.01. The lowest BCUT2D eigenvalue weighted by molar-refractivity contribution is -0.0355. The van der Waals surface area contributed by atoms with E-state index < -0.39 is 0 Å². The lowest BCUT2D eigenvalue weighted by atomic mass is 9.63. The van der Waals surface area contributed by atoms with Crippen LogP contribution >= 0.6 is 0 Å². The van der Waals surface area contributed by atoms with E-state index in [4.69, 9.17) is 5.26 Å². The van der Waals surface area contributed by atoms with Crippen LogP contribution in [0.25, 0.3) is 0 Å². The zero-order valence-electron chi connectivity index (χ0n) is 11.4. The van der Waals surface area contributed by atoms with Gasteiger partial charge < -0.3 is 5.11 Å². The predicted octanol–water partition coefficient (Wildman–Crippen LogP) is 3.81. The van der Waals surface area contributed by atoms with Gasteiger partial charge in [-0.1, -0.05) is 25.5 Å². The van der Waals surface area contributed by atoms with Gasteiger partial charge in [0.25, 0.3) is 0 Å². The molecule has 2 aliphatic rings. The van der Waals surface area contributed by atoms with Crippen LogP contribution in [-0.2, 0) is 0 Å². The van der Waals surface area contributed by atoms with Crippen LogP contribution in [0.5, 0.6) is 0 Å². The van der Waals surface area contributed by atoms with Crippen LogP contribution in [0.3, 0.4) is 0 Å². The van der Waals surface area contributed by atoms with Crippen molar-refractivity contribution in [3.05, 3.63) is 12.2 Å². The molecule has 0 amide bonds. The first kappa shape index (κ1) is 13.6. The molecule has 0 radical (unpaired) electrons. The fraction of sp³-hybridized carbons (Fsp3) is 0.812. The van der Waals surface area contributed by atoms with Crippen molar-refractivity contribution in [2.45, 2.75) is 64.4 Å². The van der Waals surface area contributed by atoms with Crippen molar-refractivity contribution >= 4 is 0 Å². The predicted molar refractivity (Wildman–Crippen MR) is 72.8 cm³/mol. The van der Waals surface area contributed by atoms with Gasteiger partial charge in [0.05, 0.1) is 12.2 Å². The summed E-state index contributed by atoms with van der Waals surface area (Å²) in [5.41, 5.74) is 0.217. The number of rotatable bonds is 5. The van der Waals surface area contributed by atoms with E-state index in [0.29, 0.717) is 5.92 Å². The Morgan fingerprint density at radius 3 is 2.72 bits per heavy atom. The number of aliphatic hydroxyl groups is 1. The molecule has 0 bridgehead atoms. The van der Waals surface area contributed by atoms with Gasteiger partial charge >= 0.3 is 0 Å². The van der Waals surface area contributed by atoms with Gasteiger partial charge in [0.15, 0.2) is 0 Å². The molecule has 0 aromatic heterocycles. The second-order valence-corrected chi connectivity index (χ2v) is 6.15. The van der Waals surface area contributed by atoms with Crippen LogP contribution < -0.4 is 0 Å². The van der Waals surface area contributed by atoms with Gasteiger partial charge in [0.1, 0.15) is 0 Å². The highest BCUT2D eigenvalue weighted by Crippen LogP contribution is 2.47. The Morgan fingerprint density at radius 2 is 2.22 bits per heavy atom. The first-order valence-corrected chi connectivity index (χ1v) is 7.44. The third-order valence-electron chi connectivity index (χ3n) is 5.18. The largest absolute Gasteiger partial charge is 0.392 e. The molecule has 1 N–H and O–H groups in total. The van der Waals surface area contributed by atoms with Crippen molar-refractivity contribution in [2.24, 2.45) is 17.3 Å². The van der Waals surface area contributed by atoms with Crippen LogP contribution in [0.2, 0.25) is 0 Å². The number of nitriles is 1. The highest BCUT2D eigenvalue weighted by atomic mass is 16.3. The summed E-state index contributed by atoms with van der Waals surface area (Å²) in [4.78, 5) is 0. The lowest BCUT2D eigenvalue weighted by Crippen LogP contribution is -2.40. The second kappa shape index (κ2) is 5.89. The Morgan fingerprint density at radius 1 is 1.44 bits per heavy atom. The highest BCUT2D eigenvalue weighted by Gasteiger charge is 2.40. The molecule has 100 valence electrons. The maximum Gasteiger partial charge on any atom is 0.0656 e. The third-order valence-corrected chi connectivity index (χ3v) is 5.18. The molecule has 2 heteroatoms. The fourth-order valence-corrected chi connectivity index (χ4v) is 3.51. The number of aliphatic hydroxyl groups excluding tert-OH is 1. The van der Waals surface area contributed by atoms with Crippen LogP contribution in [-0.4, -0.2) is 11.2 Å². The molecule has 0 spiro atoms. The maximum absolute atomic E-state index is 10.3. The van der Waals surface area contributed by atoms with Crippen LogP contribution in [0, 0.1) is 28.6 Å². The summed E-state index contributed by atoms with van der Waals surface area (Å²) in [6, 6.07) is 2.36. The normalized spacial score (nSPS) is 32.1. The van der Waals surface area contributed by atoms with Gasteiger partial charge in [-0.25, -0.2) is 0 Å². The zero-order valence-corrected chi connectivity index (χ0v) is 11.4. The average Bonchev–Trinajstić information content (AvgIpc) is 2.76. The van der Waals surface area contributed by atoms with Crippen molar-refractivity contribution in [3.8, 4) is 6.07 Å². The lowest BCUT2D eigenvalue weighted by Gasteiger charge is -2.45. The summed E-state index contributed by atoms with van der Waals surface area (Å²) < 4.78 is 0. The maximum atomic E-state index is 10.3. The summed E-state index contributed by atoms with van der Waals surface area (Å²) in [5, 5.41) is 19.1. The Labute approximate surface area is 111 Å². The molecule has 18 heavy (non-hydrogen) atoms. The van der Waals surface area contributed by atoms with Crippen LogP contribution in [0.4, 0.5) is 0 Å². The minimum Gasteiger partial charge on any atom is -0.392 e. The number of hydrogen-bond acceptors (Lipinski definition) is 2. The minimum atomic E-state index is -0.166. The molecule has 2 rings (SSSR count). The Hall–Kier alpha value is -0.810. The van der Waals surface area contributed by atoms with E-state index in [-0.39, 0.29) is 17.4 Å². The van der Waals surface area contributed by atoms with E-state index in [1.54, 1.807) is 0 Å². The molecule has 2 fully saturated rings. The van der Waals surface area contributed by atoms with Gasteiger partial charge in [0.2, 0.25) is 0 Å². The molecule has 2 nitrogen and oxygen atoms in total. The smallest absolute Gasteiger partial charge is 0.0656 e. The topological polar surface area (TPSA) is 44.0 Å². The van der Waals surface area contributed by atoms with Crippen molar-refractivity contribution in [1.82, 2.24) is 0 Å². The average molecular weight is 247 g/mol. The number of allylic oxidation sites excluding steroid dienone is 1. The van der Waals surface area contributed by atoms with E-state index in [9.17, 15) is 5.11 Å². The second-order valence-electron chi connectivity index (χ2n) is 6.15. The summed E-state index contributed by atoms with van der Waals surface area (Å²) in [7, 11) is 0. The minimum absolute atomic E-state index is 0.166. The van der Waals surface area contributed by atoms with Gasteiger partial charge in [-0.15, -0.1) is 0 Å². The number of nitrogens with zero attached hydrogens (tertiary/aromatic N) is 1. The molecule has 0 saturated heterocycles. The van der Waals surface area contributed by atoms with E-state index in [2.05, 4.69) is 25.1 Å². The van der Waals surface area contributed by atoms with E-state index >= 15 is 0 Å². The van der Waals surface area contributed by atoms with Crippen molar-refractivity contribution in [2.75, 3.05) is 0 Å².